The van der Waals surface area contributed by atoms with Crippen molar-refractivity contribution >= 4 is 6.09 Å². The number of aromatic hydroxyl groups is 1. The monoisotopic (exact) mass is 325 g/mol. The first-order valence-corrected chi connectivity index (χ1v) is 8.48. The van der Waals surface area contributed by atoms with Crippen molar-refractivity contribution in [3.05, 3.63) is 65.7 Å². The molecule has 0 atom stereocenters. The predicted molar refractivity (Wildman–Crippen MR) is 92.5 cm³/mol. The number of para-hydroxylation sites is 1. The highest BCUT2D eigenvalue weighted by atomic mass is 16.6. The van der Waals surface area contributed by atoms with Crippen molar-refractivity contribution in [2.75, 3.05) is 0 Å². The Hall–Kier alpha value is -2.49. The van der Waals surface area contributed by atoms with E-state index in [1.165, 1.54) is 0 Å². The van der Waals surface area contributed by atoms with Crippen LogP contribution in [0.25, 0.3) is 0 Å². The van der Waals surface area contributed by atoms with E-state index in [1.807, 2.05) is 42.5 Å². The SMILES string of the molecule is O=C(OCc1ccccc1)N(Cc1ccccc1O)C1CCCC1. The summed E-state index contributed by atoms with van der Waals surface area (Å²) in [6.45, 7) is 0.647. The van der Waals surface area contributed by atoms with E-state index in [-0.39, 0.29) is 24.5 Å². The molecule has 126 valence electrons. The Balaban J connectivity index is 1.69. The molecule has 0 heterocycles. The molecule has 0 spiro atoms. The maximum absolute atomic E-state index is 12.6. The number of ether oxygens (including phenoxy) is 1. The second-order valence-electron chi connectivity index (χ2n) is 6.24. The van der Waals surface area contributed by atoms with Gasteiger partial charge in [-0.3, -0.25) is 0 Å². The van der Waals surface area contributed by atoms with Gasteiger partial charge in [-0.25, -0.2) is 4.79 Å². The van der Waals surface area contributed by atoms with Gasteiger partial charge in [0.05, 0.1) is 6.54 Å². The van der Waals surface area contributed by atoms with Gasteiger partial charge in [0.2, 0.25) is 0 Å². The molecular weight excluding hydrogens is 302 g/mol. The fourth-order valence-electron chi connectivity index (χ4n) is 3.19. The summed E-state index contributed by atoms with van der Waals surface area (Å²) < 4.78 is 5.52. The van der Waals surface area contributed by atoms with Crippen LogP contribution in [0.3, 0.4) is 0 Å². The number of phenolic OH excluding ortho intramolecular Hbond substituents is 1. The van der Waals surface area contributed by atoms with Crippen LogP contribution in [0.5, 0.6) is 5.75 Å². The number of carbonyl (C=O) groups is 1. The highest BCUT2D eigenvalue weighted by molar-refractivity contribution is 5.68. The third-order valence-corrected chi connectivity index (χ3v) is 4.54. The van der Waals surface area contributed by atoms with Gasteiger partial charge in [-0.05, 0) is 24.5 Å². The smallest absolute Gasteiger partial charge is 0.410 e. The lowest BCUT2D eigenvalue weighted by atomic mass is 10.1. The summed E-state index contributed by atoms with van der Waals surface area (Å²) >= 11 is 0. The van der Waals surface area contributed by atoms with Gasteiger partial charge in [-0.15, -0.1) is 0 Å². The Bertz CT molecular complexity index is 666. The normalized spacial score (nSPS) is 14.5. The van der Waals surface area contributed by atoms with Crippen LogP contribution in [-0.4, -0.2) is 22.1 Å². The van der Waals surface area contributed by atoms with Crippen LogP contribution in [-0.2, 0) is 17.9 Å². The van der Waals surface area contributed by atoms with E-state index in [1.54, 1.807) is 17.0 Å². The minimum atomic E-state index is -0.311. The van der Waals surface area contributed by atoms with Gasteiger partial charge in [0, 0.05) is 11.6 Å². The second kappa shape index (κ2) is 7.86. The lowest BCUT2D eigenvalue weighted by Crippen LogP contribution is -2.38. The molecule has 3 rings (SSSR count). The van der Waals surface area contributed by atoms with Gasteiger partial charge < -0.3 is 14.7 Å². The molecule has 24 heavy (non-hydrogen) atoms. The van der Waals surface area contributed by atoms with Crippen LogP contribution in [0.1, 0.15) is 36.8 Å². The number of benzene rings is 2. The highest BCUT2D eigenvalue weighted by Crippen LogP contribution is 2.27. The predicted octanol–water partition coefficient (Wildman–Crippen LogP) is 4.47. The number of rotatable bonds is 5. The lowest BCUT2D eigenvalue weighted by molar-refractivity contribution is 0.0776. The van der Waals surface area contributed by atoms with Crippen LogP contribution in [0.15, 0.2) is 54.6 Å². The topological polar surface area (TPSA) is 49.8 Å². The zero-order valence-electron chi connectivity index (χ0n) is 13.7. The lowest BCUT2D eigenvalue weighted by Gasteiger charge is -2.28. The number of hydrogen-bond acceptors (Lipinski definition) is 3. The maximum atomic E-state index is 12.6. The molecule has 2 aromatic rings. The van der Waals surface area contributed by atoms with E-state index in [0.717, 1.165) is 36.8 Å². The van der Waals surface area contributed by atoms with E-state index < -0.39 is 0 Å². The zero-order valence-corrected chi connectivity index (χ0v) is 13.7. The quantitative estimate of drug-likeness (QED) is 0.882. The Morgan fingerprint density at radius 1 is 1.04 bits per heavy atom. The number of amides is 1. The Morgan fingerprint density at radius 2 is 1.71 bits per heavy atom. The molecule has 1 fully saturated rings. The van der Waals surface area contributed by atoms with Crippen LogP contribution >= 0.6 is 0 Å². The van der Waals surface area contributed by atoms with Crippen molar-refractivity contribution in [3.8, 4) is 5.75 Å². The third kappa shape index (κ3) is 4.07. The van der Waals surface area contributed by atoms with Gasteiger partial charge in [0.25, 0.3) is 0 Å². The minimum absolute atomic E-state index is 0.188. The molecule has 4 nitrogen and oxygen atoms in total. The molecule has 0 aromatic heterocycles. The number of hydrogen-bond donors (Lipinski definition) is 1. The van der Waals surface area contributed by atoms with Gasteiger partial charge in [0.15, 0.2) is 0 Å². The molecule has 1 amide bonds. The maximum Gasteiger partial charge on any atom is 0.410 e. The van der Waals surface area contributed by atoms with E-state index in [9.17, 15) is 9.90 Å². The average Bonchev–Trinajstić information content (AvgIpc) is 3.14. The summed E-state index contributed by atoms with van der Waals surface area (Å²) in [5.41, 5.74) is 1.72. The van der Waals surface area contributed by atoms with Crippen LogP contribution in [0.4, 0.5) is 4.79 Å². The summed E-state index contributed by atoms with van der Waals surface area (Å²) in [6, 6.07) is 17.0. The van der Waals surface area contributed by atoms with Gasteiger partial charge >= 0.3 is 6.09 Å². The van der Waals surface area contributed by atoms with Crippen molar-refractivity contribution < 1.29 is 14.6 Å². The number of phenols is 1. The molecule has 0 aliphatic heterocycles. The van der Waals surface area contributed by atoms with Crippen molar-refractivity contribution in [2.24, 2.45) is 0 Å². The van der Waals surface area contributed by atoms with E-state index >= 15 is 0 Å². The minimum Gasteiger partial charge on any atom is -0.508 e. The van der Waals surface area contributed by atoms with Crippen LogP contribution in [0, 0.1) is 0 Å². The molecule has 0 saturated heterocycles. The molecule has 0 bridgehead atoms. The molecule has 1 aliphatic rings. The first-order valence-electron chi connectivity index (χ1n) is 8.48. The summed E-state index contributed by atoms with van der Waals surface area (Å²) in [4.78, 5) is 14.4. The van der Waals surface area contributed by atoms with Crippen LogP contribution < -0.4 is 0 Å². The van der Waals surface area contributed by atoms with Crippen molar-refractivity contribution in [1.82, 2.24) is 4.90 Å². The summed E-state index contributed by atoms with van der Waals surface area (Å²) in [6.07, 6.45) is 3.94. The third-order valence-electron chi connectivity index (χ3n) is 4.54. The fraction of sp³-hybridized carbons (Fsp3) is 0.350. The molecule has 1 N–H and O–H groups in total. The second-order valence-corrected chi connectivity index (χ2v) is 6.24. The van der Waals surface area contributed by atoms with Crippen LogP contribution in [0.2, 0.25) is 0 Å². The summed E-state index contributed by atoms with van der Waals surface area (Å²) in [5.74, 6) is 0.219. The average molecular weight is 325 g/mol. The zero-order chi connectivity index (χ0) is 16.8. The van der Waals surface area contributed by atoms with Crippen molar-refractivity contribution in [2.45, 2.75) is 44.9 Å². The Morgan fingerprint density at radius 3 is 2.42 bits per heavy atom. The summed E-state index contributed by atoms with van der Waals surface area (Å²) in [5, 5.41) is 10.0. The molecule has 0 radical (unpaired) electrons. The Labute approximate surface area is 142 Å². The molecule has 2 aromatic carbocycles. The largest absolute Gasteiger partial charge is 0.508 e. The summed E-state index contributed by atoms with van der Waals surface area (Å²) in [7, 11) is 0. The molecule has 0 unspecified atom stereocenters. The van der Waals surface area contributed by atoms with E-state index in [4.69, 9.17) is 4.74 Å². The number of carbonyl (C=O) groups excluding carboxylic acids is 1. The molecule has 4 heteroatoms. The van der Waals surface area contributed by atoms with Gasteiger partial charge in [-0.2, -0.15) is 0 Å². The first-order chi connectivity index (χ1) is 11.7. The highest BCUT2D eigenvalue weighted by Gasteiger charge is 2.28. The number of nitrogens with zero attached hydrogens (tertiary/aromatic N) is 1. The molecule has 1 aliphatic carbocycles. The Kier molecular flexibility index (Phi) is 5.36. The standard InChI is InChI=1S/C20H23NO3/c22-19-13-7-4-10-17(19)14-21(18-11-5-6-12-18)20(23)24-15-16-8-2-1-3-9-16/h1-4,7-10,13,18,22H,5-6,11-12,14-15H2. The fourth-order valence-corrected chi connectivity index (χ4v) is 3.19. The van der Waals surface area contributed by atoms with Crippen molar-refractivity contribution in [3.63, 3.8) is 0 Å². The van der Waals surface area contributed by atoms with Crippen molar-refractivity contribution in [1.29, 1.82) is 0 Å². The van der Waals surface area contributed by atoms with E-state index in [2.05, 4.69) is 0 Å². The van der Waals surface area contributed by atoms with E-state index in [0.29, 0.717) is 6.54 Å². The molecular formula is C20H23NO3. The molecule has 1 saturated carbocycles. The van der Waals surface area contributed by atoms with Gasteiger partial charge in [0.1, 0.15) is 12.4 Å². The first kappa shape index (κ1) is 16.4. The van der Waals surface area contributed by atoms with Gasteiger partial charge in [-0.1, -0.05) is 61.4 Å².